The van der Waals surface area contributed by atoms with Crippen molar-refractivity contribution in [3.05, 3.63) is 68.9 Å². The highest BCUT2D eigenvalue weighted by atomic mass is 32.2. The molecular weight excluding hydrogens is 284 g/mol. The molecule has 10 heteroatoms. The van der Waals surface area contributed by atoms with Crippen LogP contribution >= 0.6 is 0 Å². The smallest absolute Gasteiger partial charge is 0.295 e. The lowest BCUT2D eigenvalue weighted by molar-refractivity contribution is 0.484. The van der Waals surface area contributed by atoms with Gasteiger partial charge in [-0.15, -0.1) is 5.53 Å². The summed E-state index contributed by atoms with van der Waals surface area (Å²) in [6.07, 6.45) is 0. The molecule has 0 bridgehead atoms. The molecule has 0 fully saturated rings. The minimum atomic E-state index is -4.13. The molecule has 0 saturated carbocycles. The first-order valence-electron chi connectivity index (χ1n) is 4.87. The third-order valence-corrected chi connectivity index (χ3v) is 2.94. The third-order valence-electron chi connectivity index (χ3n) is 2.03. The monoisotopic (exact) mass is 293 g/mol. The minimum Gasteiger partial charge on any atom is -0.373 e. The Morgan fingerprint density at radius 2 is 1.45 bits per heavy atom. The molecule has 0 aromatic heterocycles. The number of benzene rings is 2. The van der Waals surface area contributed by atoms with Crippen LogP contribution in [0, 0.1) is 5.53 Å². The molecule has 9 nitrogen and oxygen atoms in total. The average Bonchev–Trinajstić information content (AvgIpc) is 2.39. The van der Waals surface area contributed by atoms with Gasteiger partial charge in [-0.25, -0.2) is 0 Å². The molecule has 0 spiro atoms. The maximum absolute atomic E-state index is 11.0. The van der Waals surface area contributed by atoms with Crippen LogP contribution in [-0.2, 0) is 10.1 Å². The molecule has 0 saturated heterocycles. The first-order chi connectivity index (χ1) is 9.42. The molecular formula is C10H9N6O3S-. The van der Waals surface area contributed by atoms with Crippen molar-refractivity contribution in [3.63, 3.8) is 0 Å². The van der Waals surface area contributed by atoms with E-state index >= 15 is 0 Å². The molecule has 0 amide bonds. The van der Waals surface area contributed by atoms with Gasteiger partial charge in [0, 0.05) is 5.39 Å². The van der Waals surface area contributed by atoms with E-state index in [1.54, 1.807) is 35.2 Å². The van der Waals surface area contributed by atoms with E-state index in [0.717, 1.165) is 5.39 Å². The van der Waals surface area contributed by atoms with Gasteiger partial charge >= 0.3 is 0 Å². The van der Waals surface area contributed by atoms with Crippen molar-refractivity contribution in [2.75, 3.05) is 0 Å². The normalized spacial score (nSPS) is 9.05. The Kier molecular flexibility index (Phi) is 7.20. The first kappa shape index (κ1) is 17.2. The van der Waals surface area contributed by atoms with Gasteiger partial charge in [0.05, 0.1) is 0 Å². The Labute approximate surface area is 114 Å². The number of rotatable bonds is 1. The van der Waals surface area contributed by atoms with Crippen molar-refractivity contribution in [1.82, 2.24) is 0 Å². The highest BCUT2D eigenvalue weighted by molar-refractivity contribution is 7.86. The van der Waals surface area contributed by atoms with Crippen LogP contribution in [0.5, 0.6) is 0 Å². The van der Waals surface area contributed by atoms with E-state index in [9.17, 15) is 8.42 Å². The number of nitrogens with one attached hydrogen (secondary N) is 1. The van der Waals surface area contributed by atoms with Crippen molar-refractivity contribution in [2.45, 2.75) is 4.90 Å². The second-order valence-electron chi connectivity index (χ2n) is 3.14. The first-order valence-corrected chi connectivity index (χ1v) is 6.31. The zero-order valence-electron chi connectivity index (χ0n) is 9.95. The topological polar surface area (TPSA) is 173 Å². The van der Waals surface area contributed by atoms with Crippen LogP contribution in [-0.4, -0.2) is 13.0 Å². The summed E-state index contributed by atoms with van der Waals surface area (Å²) in [5.74, 6) is 0. The molecule has 0 radical (unpaired) electrons. The fourth-order valence-corrected chi connectivity index (χ4v) is 2.13. The molecule has 2 N–H and O–H groups in total. The molecule has 2 aromatic carbocycles. The van der Waals surface area contributed by atoms with Crippen molar-refractivity contribution in [1.29, 1.82) is 5.53 Å². The molecule has 20 heavy (non-hydrogen) atoms. The van der Waals surface area contributed by atoms with Crippen molar-refractivity contribution < 1.29 is 13.0 Å². The van der Waals surface area contributed by atoms with Crippen LogP contribution in [0.1, 0.15) is 0 Å². The largest absolute Gasteiger partial charge is 0.373 e. The maximum atomic E-state index is 11.0. The SMILES string of the molecule is O=S(=O)(O)c1cccc2ccccc12.[N-]=[N+]=N.[N-]=[N+]=[N-]. The molecule has 0 aliphatic carbocycles. The van der Waals surface area contributed by atoms with E-state index in [0.29, 0.717) is 5.39 Å². The number of hydrogen-bond donors (Lipinski definition) is 2. The molecule has 2 rings (SSSR count). The predicted molar refractivity (Wildman–Crippen MR) is 73.3 cm³/mol. The van der Waals surface area contributed by atoms with E-state index in [-0.39, 0.29) is 4.90 Å². The summed E-state index contributed by atoms with van der Waals surface area (Å²) in [6, 6.07) is 11.8. The molecule has 104 valence electrons. The number of fused-ring (bicyclic) bond motifs is 1. The summed E-state index contributed by atoms with van der Waals surface area (Å²) < 4.78 is 31.0. The molecule has 0 atom stereocenters. The van der Waals surface area contributed by atoms with E-state index in [4.69, 9.17) is 26.7 Å². The Balaban J connectivity index is 0.000000520. The Bertz CT molecular complexity index is 729. The van der Waals surface area contributed by atoms with E-state index in [1.165, 1.54) is 11.0 Å². The second kappa shape index (κ2) is 8.35. The van der Waals surface area contributed by atoms with Gasteiger partial charge in [-0.1, -0.05) is 36.4 Å². The lowest BCUT2D eigenvalue weighted by Crippen LogP contribution is -1.98. The lowest BCUT2D eigenvalue weighted by Gasteiger charge is -2.02. The zero-order valence-corrected chi connectivity index (χ0v) is 10.8. The van der Waals surface area contributed by atoms with Crippen LogP contribution in [0.4, 0.5) is 0 Å². The summed E-state index contributed by atoms with van der Waals surface area (Å²) in [5.41, 5.74) is 25.8. The molecule has 2 aromatic rings. The standard InChI is InChI=1S/C10H8O3S.HN3.N3/c11-14(12,13)10-7-3-5-8-4-1-2-6-9(8)10;2*1-3-2/h1-7H,(H,11,12,13);1H;/q;;-1. The van der Waals surface area contributed by atoms with Crippen molar-refractivity contribution in [2.24, 2.45) is 0 Å². The van der Waals surface area contributed by atoms with Gasteiger partial charge in [-0.3, -0.25) is 9.46 Å². The van der Waals surface area contributed by atoms with Gasteiger partial charge < -0.3 is 11.1 Å². The molecule has 0 aliphatic rings. The van der Waals surface area contributed by atoms with Crippen LogP contribution in [0.25, 0.3) is 37.2 Å². The molecule has 0 unspecified atom stereocenters. The molecule has 0 aliphatic heterocycles. The Hall–Kier alpha value is -2.77. The minimum absolute atomic E-state index is 0.0457. The molecule has 0 heterocycles. The van der Waals surface area contributed by atoms with Crippen LogP contribution in [0.2, 0.25) is 0 Å². The summed E-state index contributed by atoms with van der Waals surface area (Å²) >= 11 is 0. The number of hydrogen-bond acceptors (Lipinski definition) is 3. The summed E-state index contributed by atoms with van der Waals surface area (Å²) in [5, 5.41) is 1.33. The van der Waals surface area contributed by atoms with E-state index in [2.05, 4.69) is 0 Å². The van der Waals surface area contributed by atoms with Gasteiger partial charge in [0.1, 0.15) is 4.90 Å². The van der Waals surface area contributed by atoms with Gasteiger partial charge in [0.15, 0.2) is 0 Å². The highest BCUT2D eigenvalue weighted by Gasteiger charge is 2.12. The van der Waals surface area contributed by atoms with E-state index < -0.39 is 10.1 Å². The quantitative estimate of drug-likeness (QED) is 0.352. The summed E-state index contributed by atoms with van der Waals surface area (Å²) in [7, 11) is -4.13. The van der Waals surface area contributed by atoms with E-state index in [1.807, 2.05) is 6.07 Å². The Morgan fingerprint density at radius 1 is 1.00 bits per heavy atom. The average molecular weight is 293 g/mol. The van der Waals surface area contributed by atoms with Gasteiger partial charge in [-0.2, -0.15) is 8.42 Å². The third kappa shape index (κ3) is 5.25. The van der Waals surface area contributed by atoms with Crippen LogP contribution < -0.4 is 0 Å². The van der Waals surface area contributed by atoms with Crippen molar-refractivity contribution >= 4 is 20.9 Å². The Morgan fingerprint density at radius 3 is 1.95 bits per heavy atom. The lowest BCUT2D eigenvalue weighted by atomic mass is 10.1. The van der Waals surface area contributed by atoms with Crippen molar-refractivity contribution in [3.8, 4) is 0 Å². The zero-order chi connectivity index (χ0) is 15.6. The summed E-state index contributed by atoms with van der Waals surface area (Å²) in [4.78, 5) is 3.20. The second-order valence-corrected chi connectivity index (χ2v) is 4.53. The summed E-state index contributed by atoms with van der Waals surface area (Å²) in [6.45, 7) is 0. The maximum Gasteiger partial charge on any atom is 0.295 e. The van der Waals surface area contributed by atoms with Crippen LogP contribution in [0.15, 0.2) is 47.4 Å². The van der Waals surface area contributed by atoms with Gasteiger partial charge in [0.2, 0.25) is 0 Å². The predicted octanol–water partition coefficient (Wildman–Crippen LogP) is 3.83. The highest BCUT2D eigenvalue weighted by Crippen LogP contribution is 2.21. The fourth-order valence-electron chi connectivity index (χ4n) is 1.42. The van der Waals surface area contributed by atoms with Gasteiger partial charge in [-0.05, 0) is 21.9 Å². The fraction of sp³-hybridized carbons (Fsp3) is 0. The van der Waals surface area contributed by atoms with Gasteiger partial charge in [0.25, 0.3) is 10.1 Å². The number of nitrogens with zero attached hydrogens (tertiary/aromatic N) is 5. The van der Waals surface area contributed by atoms with Crippen LogP contribution in [0.3, 0.4) is 0 Å².